The lowest BCUT2D eigenvalue weighted by molar-refractivity contribution is -0.122. The molecule has 2 aromatic rings. The topological polar surface area (TPSA) is 68.0 Å². The van der Waals surface area contributed by atoms with Crippen LogP contribution in [0.1, 0.15) is 17.7 Å². The second kappa shape index (κ2) is 8.24. The second-order valence-electron chi connectivity index (χ2n) is 5.16. The Labute approximate surface area is 129 Å². The molecule has 0 aliphatic carbocycles. The summed E-state index contributed by atoms with van der Waals surface area (Å²) >= 11 is 0. The zero-order valence-corrected chi connectivity index (χ0v) is 12.3. The molecule has 0 radical (unpaired) electrons. The summed E-state index contributed by atoms with van der Waals surface area (Å²) in [6.07, 6.45) is 3.55. The number of nitrogens with zero attached hydrogens (tertiary/aromatic N) is 1. The van der Waals surface area contributed by atoms with Crippen LogP contribution in [0.4, 0.5) is 4.39 Å². The molecule has 0 aliphatic rings. The van der Waals surface area contributed by atoms with Crippen molar-refractivity contribution in [2.75, 3.05) is 6.54 Å². The predicted octanol–water partition coefficient (Wildman–Crippen LogP) is 1.84. The molecule has 0 saturated heterocycles. The number of amides is 1. The van der Waals surface area contributed by atoms with Crippen LogP contribution in [0.5, 0.6) is 0 Å². The van der Waals surface area contributed by atoms with Gasteiger partial charge in [-0.15, -0.1) is 0 Å². The molecule has 0 bridgehead atoms. The monoisotopic (exact) mass is 301 g/mol. The van der Waals surface area contributed by atoms with Gasteiger partial charge in [-0.05, 0) is 42.7 Å². The number of hydrogen-bond donors (Lipinski definition) is 2. The highest BCUT2D eigenvalue weighted by atomic mass is 19.1. The quantitative estimate of drug-likeness (QED) is 0.767. The van der Waals surface area contributed by atoms with Gasteiger partial charge in [0.05, 0.1) is 6.04 Å². The van der Waals surface area contributed by atoms with Gasteiger partial charge in [-0.3, -0.25) is 9.78 Å². The molecular weight excluding hydrogens is 281 g/mol. The van der Waals surface area contributed by atoms with E-state index >= 15 is 0 Å². The molecule has 1 aromatic carbocycles. The van der Waals surface area contributed by atoms with Gasteiger partial charge < -0.3 is 11.1 Å². The Morgan fingerprint density at radius 2 is 2.14 bits per heavy atom. The molecule has 4 nitrogen and oxygen atoms in total. The summed E-state index contributed by atoms with van der Waals surface area (Å²) < 4.78 is 13.0. The van der Waals surface area contributed by atoms with Crippen LogP contribution in [0, 0.1) is 5.82 Å². The van der Waals surface area contributed by atoms with E-state index in [-0.39, 0.29) is 11.7 Å². The third kappa shape index (κ3) is 5.26. The number of aromatic nitrogens is 1. The number of pyridine rings is 1. The number of carbonyl (C=O) groups is 1. The highest BCUT2D eigenvalue weighted by Gasteiger charge is 2.13. The second-order valence-corrected chi connectivity index (χ2v) is 5.16. The van der Waals surface area contributed by atoms with Crippen molar-refractivity contribution in [3.8, 4) is 0 Å². The highest BCUT2D eigenvalue weighted by molar-refractivity contribution is 5.81. The van der Waals surface area contributed by atoms with E-state index in [2.05, 4.69) is 10.3 Å². The van der Waals surface area contributed by atoms with Crippen molar-refractivity contribution in [1.82, 2.24) is 10.3 Å². The largest absolute Gasteiger partial charge is 0.355 e. The minimum Gasteiger partial charge on any atom is -0.355 e. The Kier molecular flexibility index (Phi) is 6.03. The van der Waals surface area contributed by atoms with Crippen molar-refractivity contribution in [2.24, 2.45) is 5.73 Å². The molecular formula is C17H20FN3O. The molecule has 1 atom stereocenters. The summed E-state index contributed by atoms with van der Waals surface area (Å²) in [5.41, 5.74) is 7.58. The molecule has 0 aliphatic heterocycles. The summed E-state index contributed by atoms with van der Waals surface area (Å²) in [4.78, 5) is 16.0. The van der Waals surface area contributed by atoms with Gasteiger partial charge in [0, 0.05) is 24.9 Å². The summed E-state index contributed by atoms with van der Waals surface area (Å²) in [6, 6.07) is 11.4. The number of nitrogens with two attached hydrogens (primary N) is 1. The minimum atomic E-state index is -0.607. The summed E-state index contributed by atoms with van der Waals surface area (Å²) in [6.45, 7) is 0.519. The number of aryl methyl sites for hydroxylation is 1. The normalized spacial score (nSPS) is 11.9. The maximum Gasteiger partial charge on any atom is 0.237 e. The highest BCUT2D eigenvalue weighted by Crippen LogP contribution is 2.05. The molecule has 5 heteroatoms. The number of halogens is 1. The van der Waals surface area contributed by atoms with Crippen LogP contribution in [0.3, 0.4) is 0 Å². The smallest absolute Gasteiger partial charge is 0.237 e. The van der Waals surface area contributed by atoms with E-state index in [0.29, 0.717) is 19.4 Å². The zero-order valence-electron chi connectivity index (χ0n) is 12.3. The summed E-state index contributed by atoms with van der Waals surface area (Å²) in [5, 5.41) is 2.80. The number of benzene rings is 1. The average molecular weight is 301 g/mol. The Morgan fingerprint density at radius 1 is 1.27 bits per heavy atom. The van der Waals surface area contributed by atoms with E-state index in [0.717, 1.165) is 17.7 Å². The van der Waals surface area contributed by atoms with Crippen molar-refractivity contribution in [1.29, 1.82) is 0 Å². The molecule has 1 amide bonds. The van der Waals surface area contributed by atoms with Gasteiger partial charge in [-0.1, -0.05) is 18.2 Å². The number of hydrogen-bond acceptors (Lipinski definition) is 3. The van der Waals surface area contributed by atoms with E-state index in [9.17, 15) is 9.18 Å². The van der Waals surface area contributed by atoms with Crippen molar-refractivity contribution < 1.29 is 9.18 Å². The maximum absolute atomic E-state index is 13.0. The maximum atomic E-state index is 13.0. The molecule has 0 unspecified atom stereocenters. The average Bonchev–Trinajstić information content (AvgIpc) is 2.52. The molecule has 0 fully saturated rings. The van der Waals surface area contributed by atoms with Gasteiger partial charge in [-0.25, -0.2) is 4.39 Å². The van der Waals surface area contributed by atoms with Crippen LogP contribution < -0.4 is 11.1 Å². The van der Waals surface area contributed by atoms with Gasteiger partial charge in [0.1, 0.15) is 5.82 Å². The van der Waals surface area contributed by atoms with Gasteiger partial charge in [0.2, 0.25) is 5.91 Å². The van der Waals surface area contributed by atoms with Crippen molar-refractivity contribution in [3.63, 3.8) is 0 Å². The molecule has 1 aromatic heterocycles. The first-order chi connectivity index (χ1) is 10.6. The van der Waals surface area contributed by atoms with Gasteiger partial charge in [0.15, 0.2) is 0 Å². The van der Waals surface area contributed by atoms with E-state index < -0.39 is 6.04 Å². The molecule has 2 rings (SSSR count). The standard InChI is InChI=1S/C17H20FN3O/c18-14-7-3-5-13(11-14)6-4-10-21-17(22)16(19)12-15-8-1-2-9-20-15/h1-3,5,7-9,11,16H,4,6,10,12,19H2,(H,21,22)/t16-/m1/s1. The number of rotatable bonds is 7. The predicted molar refractivity (Wildman–Crippen MR) is 83.6 cm³/mol. The molecule has 1 heterocycles. The van der Waals surface area contributed by atoms with E-state index in [1.165, 1.54) is 12.1 Å². The SMILES string of the molecule is N[C@H](Cc1ccccn1)C(=O)NCCCc1cccc(F)c1. The van der Waals surface area contributed by atoms with Gasteiger partial charge >= 0.3 is 0 Å². The Morgan fingerprint density at radius 3 is 2.86 bits per heavy atom. The zero-order chi connectivity index (χ0) is 15.8. The lowest BCUT2D eigenvalue weighted by atomic mass is 10.1. The fourth-order valence-corrected chi connectivity index (χ4v) is 2.16. The number of carbonyl (C=O) groups excluding carboxylic acids is 1. The molecule has 0 spiro atoms. The first-order valence-electron chi connectivity index (χ1n) is 7.33. The van der Waals surface area contributed by atoms with E-state index in [1.54, 1.807) is 12.3 Å². The third-order valence-corrected chi connectivity index (χ3v) is 3.32. The van der Waals surface area contributed by atoms with Crippen LogP contribution in [0.2, 0.25) is 0 Å². The van der Waals surface area contributed by atoms with Gasteiger partial charge in [0.25, 0.3) is 0 Å². The third-order valence-electron chi connectivity index (χ3n) is 3.32. The van der Waals surface area contributed by atoms with E-state index in [4.69, 9.17) is 5.73 Å². The van der Waals surface area contributed by atoms with Crippen molar-refractivity contribution in [3.05, 3.63) is 65.7 Å². The van der Waals surface area contributed by atoms with Crippen LogP contribution in [-0.4, -0.2) is 23.5 Å². The lowest BCUT2D eigenvalue weighted by Gasteiger charge is -2.11. The lowest BCUT2D eigenvalue weighted by Crippen LogP contribution is -2.42. The molecule has 116 valence electrons. The Balaban J connectivity index is 1.69. The summed E-state index contributed by atoms with van der Waals surface area (Å²) in [5.74, 6) is -0.427. The van der Waals surface area contributed by atoms with Crippen molar-refractivity contribution in [2.45, 2.75) is 25.3 Å². The molecule has 3 N–H and O–H groups in total. The van der Waals surface area contributed by atoms with Crippen LogP contribution in [-0.2, 0) is 17.6 Å². The van der Waals surface area contributed by atoms with Gasteiger partial charge in [-0.2, -0.15) is 0 Å². The molecule has 0 saturated carbocycles. The minimum absolute atomic E-state index is 0.190. The van der Waals surface area contributed by atoms with E-state index in [1.807, 2.05) is 24.3 Å². The Hall–Kier alpha value is -2.27. The van der Waals surface area contributed by atoms with Crippen LogP contribution in [0.25, 0.3) is 0 Å². The van der Waals surface area contributed by atoms with Crippen molar-refractivity contribution >= 4 is 5.91 Å². The summed E-state index contributed by atoms with van der Waals surface area (Å²) in [7, 11) is 0. The fraction of sp³-hybridized carbons (Fsp3) is 0.294. The molecule has 22 heavy (non-hydrogen) atoms. The van der Waals surface area contributed by atoms with Crippen LogP contribution in [0.15, 0.2) is 48.7 Å². The first kappa shape index (κ1) is 16.1. The fourth-order valence-electron chi connectivity index (χ4n) is 2.16. The Bertz CT molecular complexity index is 604. The first-order valence-corrected chi connectivity index (χ1v) is 7.33. The van der Waals surface area contributed by atoms with Crippen LogP contribution >= 0.6 is 0 Å². The number of nitrogens with one attached hydrogen (secondary N) is 1.